The lowest BCUT2D eigenvalue weighted by atomic mass is 9.80. The Kier molecular flexibility index (Phi) is 5.39. The number of nitrogens with two attached hydrogens (primary N) is 1. The van der Waals surface area contributed by atoms with Gasteiger partial charge in [-0.1, -0.05) is 41.9 Å². The van der Waals surface area contributed by atoms with Crippen molar-refractivity contribution in [3.05, 3.63) is 88.2 Å². The van der Waals surface area contributed by atoms with E-state index in [4.69, 9.17) is 22.1 Å². The molecule has 3 aromatic carbocycles. The number of hydrogen-bond donors (Lipinski definition) is 2. The van der Waals surface area contributed by atoms with Gasteiger partial charge in [-0.05, 0) is 31.0 Å². The maximum absolute atomic E-state index is 16.0. The summed E-state index contributed by atoms with van der Waals surface area (Å²) in [7, 11) is 0. The Labute approximate surface area is 210 Å². The zero-order valence-electron chi connectivity index (χ0n) is 19.0. The number of amides is 1. The van der Waals surface area contributed by atoms with Crippen LogP contribution >= 0.6 is 11.6 Å². The minimum Gasteiger partial charge on any atom is -0.480 e. The van der Waals surface area contributed by atoms with Crippen LogP contribution in [0.3, 0.4) is 0 Å². The van der Waals surface area contributed by atoms with Crippen LogP contribution in [0.2, 0.25) is 5.02 Å². The van der Waals surface area contributed by atoms with Gasteiger partial charge in [-0.15, -0.1) is 0 Å². The molecule has 1 aromatic heterocycles. The monoisotopic (exact) mass is 506 g/mol. The highest BCUT2D eigenvalue weighted by molar-refractivity contribution is 6.34. The molecule has 0 radical (unpaired) electrons. The van der Waals surface area contributed by atoms with E-state index in [1.54, 1.807) is 0 Å². The zero-order valence-corrected chi connectivity index (χ0v) is 19.8. The molecule has 2 aliphatic rings. The highest BCUT2D eigenvalue weighted by Gasteiger charge is 2.50. The summed E-state index contributed by atoms with van der Waals surface area (Å²) >= 11 is 6.51. The maximum Gasteiger partial charge on any atom is 0.249 e. The Hall–Kier alpha value is -3.62. The number of primary amides is 1. The van der Waals surface area contributed by atoms with E-state index in [1.807, 2.05) is 30.3 Å². The van der Waals surface area contributed by atoms with Crippen molar-refractivity contribution in [1.82, 2.24) is 15.3 Å². The summed E-state index contributed by atoms with van der Waals surface area (Å²) in [6.45, 7) is 0.824. The third-order valence-electron chi connectivity index (χ3n) is 7.12. The summed E-state index contributed by atoms with van der Waals surface area (Å²) in [6.07, 6.45) is 4.82. The van der Waals surface area contributed by atoms with Crippen LogP contribution in [-0.2, 0) is 12.0 Å². The molecule has 3 N–H and O–H groups in total. The van der Waals surface area contributed by atoms with Crippen molar-refractivity contribution in [2.24, 2.45) is 5.73 Å². The third-order valence-corrected chi connectivity index (χ3v) is 7.49. The first-order valence-corrected chi connectivity index (χ1v) is 12.0. The molecule has 2 aliphatic heterocycles. The van der Waals surface area contributed by atoms with Gasteiger partial charge < -0.3 is 15.8 Å². The number of rotatable bonds is 4. The first-order valence-electron chi connectivity index (χ1n) is 11.6. The van der Waals surface area contributed by atoms with Crippen molar-refractivity contribution >= 4 is 28.5 Å². The van der Waals surface area contributed by atoms with Gasteiger partial charge in [0.05, 0.1) is 22.1 Å². The Bertz CT molecular complexity index is 1530. The SMILES string of the molecule is NC(=O)c1cc2nccnc2c(F)c1-c1c(Cl)c(F)cc2c1C[C@](c1ccccc1)([C@@H]1CCCN1)O2. The Morgan fingerprint density at radius 1 is 1.14 bits per heavy atom. The number of carbonyl (C=O) groups is 1. The minimum absolute atomic E-state index is 0.0429. The van der Waals surface area contributed by atoms with Crippen molar-refractivity contribution in [3.63, 3.8) is 0 Å². The molecular formula is C27H21ClF2N4O2. The molecule has 1 saturated heterocycles. The first kappa shape index (κ1) is 22.8. The van der Waals surface area contributed by atoms with Gasteiger partial charge in [0.1, 0.15) is 17.1 Å². The predicted molar refractivity (Wildman–Crippen MR) is 132 cm³/mol. The number of halogens is 3. The lowest BCUT2D eigenvalue weighted by Gasteiger charge is -2.35. The molecule has 9 heteroatoms. The summed E-state index contributed by atoms with van der Waals surface area (Å²) in [5, 5.41) is 3.19. The van der Waals surface area contributed by atoms with Gasteiger partial charge in [0.15, 0.2) is 11.4 Å². The van der Waals surface area contributed by atoms with Crippen LogP contribution < -0.4 is 15.8 Å². The molecule has 0 unspecified atom stereocenters. The molecule has 1 fully saturated rings. The van der Waals surface area contributed by atoms with Crippen LogP contribution in [-0.4, -0.2) is 28.5 Å². The molecule has 1 amide bonds. The van der Waals surface area contributed by atoms with Crippen LogP contribution in [0, 0.1) is 11.6 Å². The fourth-order valence-electron chi connectivity index (χ4n) is 5.53. The molecule has 4 aromatic rings. The molecule has 6 rings (SSSR count). The Balaban J connectivity index is 1.63. The first-order chi connectivity index (χ1) is 17.4. The fraction of sp³-hybridized carbons (Fsp3) is 0.222. The van der Waals surface area contributed by atoms with E-state index in [-0.39, 0.29) is 51.0 Å². The number of fused-ring (bicyclic) bond motifs is 2. The maximum atomic E-state index is 16.0. The quantitative estimate of drug-likeness (QED) is 0.410. The Morgan fingerprint density at radius 3 is 2.64 bits per heavy atom. The number of hydrogen-bond acceptors (Lipinski definition) is 5. The summed E-state index contributed by atoms with van der Waals surface area (Å²) in [5.74, 6) is -2.28. The molecule has 6 nitrogen and oxygen atoms in total. The van der Waals surface area contributed by atoms with Gasteiger partial charge in [-0.2, -0.15) is 0 Å². The van der Waals surface area contributed by atoms with E-state index in [9.17, 15) is 4.79 Å². The van der Waals surface area contributed by atoms with Crippen LogP contribution in [0.4, 0.5) is 8.78 Å². The molecule has 2 atom stereocenters. The van der Waals surface area contributed by atoms with Crippen LogP contribution in [0.25, 0.3) is 22.2 Å². The summed E-state index contributed by atoms with van der Waals surface area (Å²) in [5.41, 5.74) is 5.96. The molecule has 3 heterocycles. The van der Waals surface area contributed by atoms with Gasteiger partial charge in [0.2, 0.25) is 5.91 Å². The van der Waals surface area contributed by atoms with E-state index in [0.717, 1.165) is 24.9 Å². The topological polar surface area (TPSA) is 90.1 Å². The molecule has 0 bridgehead atoms. The predicted octanol–water partition coefficient (Wildman–Crippen LogP) is 4.91. The molecule has 36 heavy (non-hydrogen) atoms. The number of carbonyl (C=O) groups excluding carboxylic acids is 1. The standard InChI is InChI=1S/C27H21ClF2N4O2/c28-23-17(29)12-19-16(13-27(36-19,20-7-4-8-33-20)14-5-2-1-3-6-14)21(23)22-15(26(31)35)11-18-25(24(22)30)34-10-9-32-18/h1-3,5-6,9-12,20,33H,4,7-8,13H2,(H2,31,35)/t20-,27-/m0/s1. The summed E-state index contributed by atoms with van der Waals surface area (Å²) in [6, 6.07) is 12.2. The minimum atomic E-state index is -0.892. The average molecular weight is 507 g/mol. The van der Waals surface area contributed by atoms with E-state index in [1.165, 1.54) is 24.5 Å². The second kappa shape index (κ2) is 8.50. The van der Waals surface area contributed by atoms with Gasteiger partial charge in [-0.25, -0.2) is 13.8 Å². The van der Waals surface area contributed by atoms with Crippen molar-refractivity contribution < 1.29 is 18.3 Å². The van der Waals surface area contributed by atoms with E-state index in [2.05, 4.69) is 15.3 Å². The number of nitrogens with one attached hydrogen (secondary N) is 1. The highest BCUT2D eigenvalue weighted by atomic mass is 35.5. The Morgan fingerprint density at radius 2 is 1.92 bits per heavy atom. The van der Waals surface area contributed by atoms with Gasteiger partial charge >= 0.3 is 0 Å². The highest BCUT2D eigenvalue weighted by Crippen LogP contribution is 2.52. The smallest absolute Gasteiger partial charge is 0.249 e. The number of ether oxygens (including phenoxy) is 1. The lowest BCUT2D eigenvalue weighted by Crippen LogP contribution is -2.48. The third kappa shape index (κ3) is 3.36. The van der Waals surface area contributed by atoms with Gasteiger partial charge in [0.25, 0.3) is 0 Å². The van der Waals surface area contributed by atoms with Gasteiger partial charge in [-0.3, -0.25) is 9.78 Å². The van der Waals surface area contributed by atoms with E-state index >= 15 is 8.78 Å². The van der Waals surface area contributed by atoms with Crippen LogP contribution in [0.15, 0.2) is 54.9 Å². The van der Waals surface area contributed by atoms with Crippen molar-refractivity contribution in [2.45, 2.75) is 30.9 Å². The van der Waals surface area contributed by atoms with Crippen molar-refractivity contribution in [2.75, 3.05) is 6.54 Å². The lowest BCUT2D eigenvalue weighted by molar-refractivity contribution is 0.0539. The van der Waals surface area contributed by atoms with Gasteiger partial charge in [0, 0.05) is 41.6 Å². The van der Waals surface area contributed by atoms with Crippen LogP contribution in [0.1, 0.15) is 34.3 Å². The van der Waals surface area contributed by atoms with E-state index < -0.39 is 23.1 Å². The summed E-state index contributed by atoms with van der Waals surface area (Å²) < 4.78 is 37.8. The van der Waals surface area contributed by atoms with Crippen molar-refractivity contribution in [1.29, 1.82) is 0 Å². The molecule has 0 saturated carbocycles. The number of benzene rings is 3. The van der Waals surface area contributed by atoms with Crippen LogP contribution in [0.5, 0.6) is 5.75 Å². The van der Waals surface area contributed by atoms with E-state index in [0.29, 0.717) is 5.56 Å². The molecule has 182 valence electrons. The molecular weight excluding hydrogens is 486 g/mol. The molecule has 0 spiro atoms. The zero-order chi connectivity index (χ0) is 25.0. The summed E-state index contributed by atoms with van der Waals surface area (Å²) in [4.78, 5) is 20.7. The largest absolute Gasteiger partial charge is 0.480 e. The second-order valence-electron chi connectivity index (χ2n) is 9.11. The number of nitrogens with zero attached hydrogens (tertiary/aromatic N) is 2. The number of aromatic nitrogens is 2. The fourth-order valence-corrected chi connectivity index (χ4v) is 5.79. The average Bonchev–Trinajstić information content (AvgIpc) is 3.55. The van der Waals surface area contributed by atoms with Crippen molar-refractivity contribution in [3.8, 4) is 16.9 Å². The second-order valence-corrected chi connectivity index (χ2v) is 9.49. The molecule has 0 aliphatic carbocycles. The normalized spacial score (nSPS) is 20.9.